The van der Waals surface area contributed by atoms with Gasteiger partial charge in [-0.3, -0.25) is 39.1 Å². The van der Waals surface area contributed by atoms with Crippen LogP contribution in [-0.2, 0) is 28.6 Å². The maximum Gasteiger partial charge on any atom is 0.319 e. The van der Waals surface area contributed by atoms with Crippen LogP contribution in [0.15, 0.2) is 73.3 Å². The van der Waals surface area contributed by atoms with Crippen LogP contribution in [0.4, 0.5) is 15.9 Å². The fraction of sp³-hybridized carbons (Fsp3) is 0.404. The van der Waals surface area contributed by atoms with E-state index in [-0.39, 0.29) is 69.9 Å². The molecule has 3 N–H and O–H groups in total. The van der Waals surface area contributed by atoms with Crippen molar-refractivity contribution in [1.82, 2.24) is 30.0 Å². The van der Waals surface area contributed by atoms with Crippen molar-refractivity contribution in [3.8, 4) is 22.9 Å². The lowest BCUT2D eigenvalue weighted by molar-refractivity contribution is -0.136. The van der Waals surface area contributed by atoms with E-state index in [9.17, 15) is 29.1 Å². The molecular formula is C52H56ClFN8O10. The number of halogens is 2. The Morgan fingerprint density at radius 2 is 1.64 bits per heavy atom. The number of anilines is 2. The minimum absolute atomic E-state index is 0.0101. The molecule has 3 saturated heterocycles. The van der Waals surface area contributed by atoms with Crippen LogP contribution in [0, 0.1) is 5.82 Å². The van der Waals surface area contributed by atoms with Crippen LogP contribution in [0.5, 0.6) is 11.8 Å². The standard InChI is InChI=1S/C52H56ClFN8O10/c1-3-43(65)60-18-20-61(21-19-60)48-38-29-39(53)44(37-28-33(63)27-32-7-4-5-8-35(32)37)46(54)47(38)57-52(58-48)72-31(2)30-59-16-13-34(14-17-59)71-26-25-70-24-23-69-22-15-55-40-10-6-9-36-45(40)51(68)62(50(36)67)41-11-12-42(64)56-49(41)66/h3-10,27-29,31,34,41,55,63H,1,11-26,30H2,2H3,(H,56,64,66)/t31-,41?/m1/s1. The highest BCUT2D eigenvalue weighted by Crippen LogP contribution is 2.43. The van der Waals surface area contributed by atoms with Crippen molar-refractivity contribution in [3.63, 3.8) is 0 Å². The highest BCUT2D eigenvalue weighted by molar-refractivity contribution is 6.35. The molecule has 18 nitrogen and oxygen atoms in total. The number of likely N-dealkylation sites (tertiary alicyclic amines) is 1. The van der Waals surface area contributed by atoms with Gasteiger partial charge in [0.1, 0.15) is 29.2 Å². The number of phenols is 1. The largest absolute Gasteiger partial charge is 0.508 e. The van der Waals surface area contributed by atoms with E-state index in [2.05, 4.69) is 27.1 Å². The molecule has 0 radical (unpaired) electrons. The number of piperidine rings is 2. The van der Waals surface area contributed by atoms with Crippen LogP contribution in [0.1, 0.15) is 53.3 Å². The predicted octanol–water partition coefficient (Wildman–Crippen LogP) is 5.58. The summed E-state index contributed by atoms with van der Waals surface area (Å²) in [5.41, 5.74) is 1.41. The summed E-state index contributed by atoms with van der Waals surface area (Å²) < 4.78 is 41.0. The molecule has 4 aliphatic rings. The van der Waals surface area contributed by atoms with Gasteiger partial charge in [0.05, 0.1) is 55.3 Å². The number of ether oxygens (including phenoxy) is 4. The first-order valence-electron chi connectivity index (χ1n) is 24.2. The van der Waals surface area contributed by atoms with Gasteiger partial charge in [-0.1, -0.05) is 48.5 Å². The topological polar surface area (TPSA) is 205 Å². The summed E-state index contributed by atoms with van der Waals surface area (Å²) in [5.74, 6) is -2.64. The second-order valence-corrected chi connectivity index (χ2v) is 18.5. The smallest absolute Gasteiger partial charge is 0.319 e. The first kappa shape index (κ1) is 50.2. The minimum Gasteiger partial charge on any atom is -0.508 e. The number of aromatic hydroxyl groups is 1. The Balaban J connectivity index is 0.728. The van der Waals surface area contributed by atoms with Crippen molar-refractivity contribution in [2.24, 2.45) is 0 Å². The molecule has 1 unspecified atom stereocenters. The van der Waals surface area contributed by atoms with Crippen molar-refractivity contribution >= 4 is 74.3 Å². The maximum absolute atomic E-state index is 17.1. The molecule has 5 heterocycles. The zero-order valence-corrected chi connectivity index (χ0v) is 40.6. The van der Waals surface area contributed by atoms with Gasteiger partial charge in [-0.05, 0) is 78.9 Å². The number of nitrogens with one attached hydrogen (secondary N) is 2. The maximum atomic E-state index is 17.1. The summed E-state index contributed by atoms with van der Waals surface area (Å²) in [6.07, 6.45) is 2.77. The number of phenolic OH excluding ortho intramolecular Hbond substituents is 1. The van der Waals surface area contributed by atoms with E-state index < -0.39 is 35.5 Å². The zero-order chi connectivity index (χ0) is 50.5. The van der Waals surface area contributed by atoms with Crippen LogP contribution in [0.25, 0.3) is 32.8 Å². The Morgan fingerprint density at radius 3 is 2.40 bits per heavy atom. The molecule has 0 spiro atoms. The average molecular weight is 1010 g/mol. The number of piperazine rings is 1. The Bertz CT molecular complexity index is 2910. The number of hydrogen-bond acceptors (Lipinski definition) is 15. The van der Waals surface area contributed by atoms with Gasteiger partial charge < -0.3 is 39.2 Å². The van der Waals surface area contributed by atoms with Gasteiger partial charge in [-0.15, -0.1) is 0 Å². The first-order chi connectivity index (χ1) is 34.9. The molecule has 0 saturated carbocycles. The molecule has 378 valence electrons. The molecule has 5 aromatic rings. The lowest BCUT2D eigenvalue weighted by Crippen LogP contribution is -2.54. The number of carbonyl (C=O) groups is 5. The third kappa shape index (κ3) is 10.8. The van der Waals surface area contributed by atoms with Crippen molar-refractivity contribution < 1.29 is 52.4 Å². The summed E-state index contributed by atoms with van der Waals surface area (Å²) in [6.45, 7) is 11.6. The molecule has 3 fully saturated rings. The number of imide groups is 2. The fourth-order valence-electron chi connectivity index (χ4n) is 9.83. The molecule has 72 heavy (non-hydrogen) atoms. The summed E-state index contributed by atoms with van der Waals surface area (Å²) in [7, 11) is 0. The molecule has 9 rings (SSSR count). The summed E-state index contributed by atoms with van der Waals surface area (Å²) >= 11 is 6.91. The third-order valence-electron chi connectivity index (χ3n) is 13.4. The lowest BCUT2D eigenvalue weighted by Gasteiger charge is -2.35. The Hall–Kier alpha value is -6.77. The Kier molecular flexibility index (Phi) is 15.6. The van der Waals surface area contributed by atoms with Gasteiger partial charge in [0, 0.05) is 75.4 Å². The Morgan fingerprint density at radius 1 is 0.889 bits per heavy atom. The van der Waals surface area contributed by atoms with E-state index in [0.717, 1.165) is 36.2 Å². The summed E-state index contributed by atoms with van der Waals surface area (Å²) in [6, 6.07) is 16.0. The number of fused-ring (bicyclic) bond motifs is 3. The highest BCUT2D eigenvalue weighted by Gasteiger charge is 2.45. The van der Waals surface area contributed by atoms with E-state index >= 15 is 4.39 Å². The number of carbonyl (C=O) groups excluding carboxylic acids is 5. The molecule has 1 aromatic heterocycles. The minimum atomic E-state index is -1.03. The third-order valence-corrected chi connectivity index (χ3v) is 13.7. The van der Waals surface area contributed by atoms with Crippen molar-refractivity contribution in [2.45, 2.75) is 50.9 Å². The number of aromatic nitrogens is 2. The van der Waals surface area contributed by atoms with Crippen molar-refractivity contribution in [2.75, 3.05) is 95.6 Å². The molecule has 5 amide bonds. The lowest BCUT2D eigenvalue weighted by atomic mass is 9.96. The predicted molar refractivity (Wildman–Crippen MR) is 267 cm³/mol. The van der Waals surface area contributed by atoms with Gasteiger partial charge in [-0.2, -0.15) is 9.97 Å². The van der Waals surface area contributed by atoms with E-state index in [4.69, 9.17) is 35.5 Å². The van der Waals surface area contributed by atoms with E-state index in [1.165, 1.54) is 12.1 Å². The van der Waals surface area contributed by atoms with Crippen LogP contribution >= 0.6 is 11.6 Å². The number of nitrogens with zero attached hydrogens (tertiary/aromatic N) is 6. The van der Waals surface area contributed by atoms with Gasteiger partial charge in [-0.25, -0.2) is 4.39 Å². The SMILES string of the molecule is C=CC(=O)N1CCN(c2nc(O[C@H](C)CN3CCC(OCCOCCOCCNc4cccc5c4C(=O)N(C4CCC(=O)NC4=O)C5=O)CC3)nc3c(F)c(-c4cc(O)cc5ccccc45)c(Cl)cc23)CC1. The van der Waals surface area contributed by atoms with Gasteiger partial charge in [0.15, 0.2) is 5.82 Å². The van der Waals surface area contributed by atoms with Gasteiger partial charge >= 0.3 is 6.01 Å². The number of amides is 5. The summed E-state index contributed by atoms with van der Waals surface area (Å²) in [4.78, 5) is 79.2. The molecule has 0 aliphatic carbocycles. The average Bonchev–Trinajstić information content (AvgIpc) is 3.63. The van der Waals surface area contributed by atoms with E-state index in [0.29, 0.717) is 100 Å². The van der Waals surface area contributed by atoms with E-state index in [1.807, 2.05) is 36.1 Å². The summed E-state index contributed by atoms with van der Waals surface area (Å²) in [5, 5.41) is 18.0. The number of benzene rings is 4. The molecular weight excluding hydrogens is 951 g/mol. The number of hydrogen-bond donors (Lipinski definition) is 3. The second kappa shape index (κ2) is 22.3. The quantitative estimate of drug-likeness (QED) is 0.0525. The fourth-order valence-corrected chi connectivity index (χ4v) is 10.1. The van der Waals surface area contributed by atoms with Gasteiger partial charge in [0.2, 0.25) is 17.7 Å². The molecule has 0 bridgehead atoms. The Labute approximate surface area is 420 Å². The van der Waals surface area contributed by atoms with Crippen LogP contribution < -0.4 is 20.3 Å². The zero-order valence-electron chi connectivity index (χ0n) is 39.9. The first-order valence-corrected chi connectivity index (χ1v) is 24.6. The van der Waals surface area contributed by atoms with E-state index in [1.54, 1.807) is 35.2 Å². The normalized spacial score (nSPS) is 18.2. The van der Waals surface area contributed by atoms with Crippen LogP contribution in [0.3, 0.4) is 0 Å². The second-order valence-electron chi connectivity index (χ2n) is 18.1. The number of rotatable bonds is 19. The molecule has 4 aliphatic heterocycles. The van der Waals surface area contributed by atoms with Crippen molar-refractivity contribution in [1.29, 1.82) is 0 Å². The molecule has 20 heteroatoms. The van der Waals surface area contributed by atoms with Crippen LogP contribution in [0.2, 0.25) is 5.02 Å². The van der Waals surface area contributed by atoms with Crippen LogP contribution in [-0.4, -0.2) is 163 Å². The molecule has 4 aromatic carbocycles. The molecule has 2 atom stereocenters. The van der Waals surface area contributed by atoms with Crippen molar-refractivity contribution in [3.05, 3.63) is 95.3 Å². The van der Waals surface area contributed by atoms with Gasteiger partial charge in [0.25, 0.3) is 11.8 Å². The highest BCUT2D eigenvalue weighted by atomic mass is 35.5. The monoisotopic (exact) mass is 1010 g/mol.